The van der Waals surface area contributed by atoms with Crippen molar-refractivity contribution >= 4 is 22.9 Å². The molecule has 216 valence electrons. The van der Waals surface area contributed by atoms with E-state index in [0.717, 1.165) is 71.9 Å². The van der Waals surface area contributed by atoms with Crippen LogP contribution >= 0.6 is 0 Å². The standard InChI is InChI=1S/C31H36F2N6O2/c32-31(33)10-13-38(20-31)19-22-14-24(18-34-16-22)23-5-6-27-26(15-23)30(37-36-27)28(41)3-1-2-21-4-7-29(35-17-21)39-11-8-25(40)9-12-39/h4-6,14-18,25,29,40H,1-3,7-13,19-20H2,(H,36,37). The van der Waals surface area contributed by atoms with E-state index in [0.29, 0.717) is 31.6 Å². The van der Waals surface area contributed by atoms with Gasteiger partial charge >= 0.3 is 0 Å². The van der Waals surface area contributed by atoms with Crippen LogP contribution in [0, 0.1) is 0 Å². The van der Waals surface area contributed by atoms with Crippen molar-refractivity contribution in [2.45, 2.75) is 69.7 Å². The first-order chi connectivity index (χ1) is 19.8. The number of ketones is 1. The largest absolute Gasteiger partial charge is 0.393 e. The minimum absolute atomic E-state index is 0.00617. The van der Waals surface area contributed by atoms with Crippen molar-refractivity contribution in [1.29, 1.82) is 0 Å². The summed E-state index contributed by atoms with van der Waals surface area (Å²) in [5.41, 5.74) is 5.03. The van der Waals surface area contributed by atoms with Gasteiger partial charge in [-0.05, 0) is 60.6 Å². The Bertz CT molecular complexity index is 1460. The van der Waals surface area contributed by atoms with Crippen molar-refractivity contribution in [3.8, 4) is 11.1 Å². The molecular weight excluding hydrogens is 526 g/mol. The van der Waals surface area contributed by atoms with E-state index in [4.69, 9.17) is 4.99 Å². The van der Waals surface area contributed by atoms with E-state index in [9.17, 15) is 18.7 Å². The van der Waals surface area contributed by atoms with E-state index in [-0.39, 0.29) is 31.0 Å². The second kappa shape index (κ2) is 11.9. The van der Waals surface area contributed by atoms with Crippen LogP contribution in [0.3, 0.4) is 0 Å². The Morgan fingerprint density at radius 3 is 2.73 bits per heavy atom. The summed E-state index contributed by atoms with van der Waals surface area (Å²) >= 11 is 0. The van der Waals surface area contributed by atoms with Gasteiger partial charge in [0.05, 0.1) is 18.2 Å². The highest BCUT2D eigenvalue weighted by atomic mass is 19.3. The Labute approximate surface area is 238 Å². The molecule has 2 saturated heterocycles. The normalized spacial score (nSPS) is 21.9. The molecule has 3 aromatic rings. The molecule has 0 saturated carbocycles. The number of nitrogens with zero attached hydrogens (tertiary/aromatic N) is 5. The number of aliphatic hydroxyl groups excluding tert-OH is 1. The molecule has 2 fully saturated rings. The number of H-pyrrole nitrogens is 1. The predicted molar refractivity (Wildman–Crippen MR) is 154 cm³/mol. The number of piperidine rings is 1. The SMILES string of the molecule is O=C(CCCC1=CCC(N2CCC(O)CC2)N=C1)c1n[nH]c2ccc(-c3cncc(CN4CCC(F)(F)C4)c3)cc12. The maximum atomic E-state index is 13.6. The maximum Gasteiger partial charge on any atom is 0.261 e. The number of benzene rings is 1. The minimum atomic E-state index is -2.62. The molecule has 2 aromatic heterocycles. The Balaban J connectivity index is 1.06. The summed E-state index contributed by atoms with van der Waals surface area (Å²) in [7, 11) is 0. The van der Waals surface area contributed by atoms with Gasteiger partial charge in [0.15, 0.2) is 5.78 Å². The topological polar surface area (TPSA) is 97.7 Å². The first-order valence-electron chi connectivity index (χ1n) is 14.5. The van der Waals surface area contributed by atoms with E-state index in [1.807, 2.05) is 30.5 Å². The number of carbonyl (C=O) groups excluding carboxylic acids is 1. The zero-order valence-corrected chi connectivity index (χ0v) is 23.1. The quantitative estimate of drug-likeness (QED) is 0.356. The number of carbonyl (C=O) groups is 1. The molecule has 2 N–H and O–H groups in total. The average molecular weight is 563 g/mol. The lowest BCUT2D eigenvalue weighted by Gasteiger charge is -2.34. The van der Waals surface area contributed by atoms with Gasteiger partial charge in [0.2, 0.25) is 0 Å². The molecule has 0 aliphatic carbocycles. The minimum Gasteiger partial charge on any atom is -0.393 e. The molecule has 1 unspecified atom stereocenters. The number of hydrogen-bond donors (Lipinski definition) is 2. The fourth-order valence-corrected chi connectivity index (χ4v) is 6.06. The highest BCUT2D eigenvalue weighted by Gasteiger charge is 2.38. The van der Waals surface area contributed by atoms with Gasteiger partial charge in [-0.2, -0.15) is 5.10 Å². The molecule has 3 aliphatic rings. The van der Waals surface area contributed by atoms with Gasteiger partial charge in [0, 0.05) is 75.0 Å². The third-order valence-electron chi connectivity index (χ3n) is 8.40. The highest BCUT2D eigenvalue weighted by Crippen LogP contribution is 2.30. The van der Waals surface area contributed by atoms with Crippen LogP contribution in [0.25, 0.3) is 22.0 Å². The van der Waals surface area contributed by atoms with Gasteiger partial charge in [-0.15, -0.1) is 0 Å². The molecule has 8 nitrogen and oxygen atoms in total. The van der Waals surface area contributed by atoms with E-state index in [2.05, 4.69) is 26.2 Å². The number of aliphatic imine (C=N–C) groups is 1. The number of hydrogen-bond acceptors (Lipinski definition) is 7. The summed E-state index contributed by atoms with van der Waals surface area (Å²) in [5.74, 6) is -2.63. The van der Waals surface area contributed by atoms with Gasteiger partial charge < -0.3 is 5.11 Å². The lowest BCUT2D eigenvalue weighted by molar-refractivity contribution is 0.0115. The molecule has 0 radical (unpaired) electrons. The van der Waals surface area contributed by atoms with E-state index >= 15 is 0 Å². The number of dihydropyridines is 1. The van der Waals surface area contributed by atoms with E-state index in [1.165, 1.54) is 0 Å². The molecular formula is C31H36F2N6O2. The van der Waals surface area contributed by atoms with Crippen LogP contribution in [0.4, 0.5) is 8.78 Å². The number of alkyl halides is 2. The lowest BCUT2D eigenvalue weighted by Crippen LogP contribution is -2.42. The molecule has 1 atom stereocenters. The molecule has 1 aromatic carbocycles. The smallest absolute Gasteiger partial charge is 0.261 e. The number of pyridine rings is 1. The van der Waals surface area contributed by atoms with Gasteiger partial charge in [-0.1, -0.05) is 12.1 Å². The van der Waals surface area contributed by atoms with Crippen molar-refractivity contribution in [3.63, 3.8) is 0 Å². The summed E-state index contributed by atoms with van der Waals surface area (Å²) in [5, 5.41) is 17.8. The molecule has 5 heterocycles. The average Bonchev–Trinajstić information content (AvgIpc) is 3.56. The Morgan fingerprint density at radius 2 is 1.98 bits per heavy atom. The van der Waals surface area contributed by atoms with Gasteiger partial charge in [-0.3, -0.25) is 29.7 Å². The van der Waals surface area contributed by atoms with Gasteiger partial charge in [0.1, 0.15) is 11.9 Å². The summed E-state index contributed by atoms with van der Waals surface area (Å²) in [6, 6.07) is 7.79. The van der Waals surface area contributed by atoms with E-state index in [1.54, 1.807) is 17.3 Å². The van der Waals surface area contributed by atoms with Crippen LogP contribution in [0.2, 0.25) is 0 Å². The zero-order valence-electron chi connectivity index (χ0n) is 23.1. The first-order valence-corrected chi connectivity index (χ1v) is 14.5. The van der Waals surface area contributed by atoms with Crippen molar-refractivity contribution in [3.05, 3.63) is 59.6 Å². The molecule has 10 heteroatoms. The summed E-state index contributed by atoms with van der Waals surface area (Å²) < 4.78 is 27.2. The van der Waals surface area contributed by atoms with Crippen LogP contribution in [-0.4, -0.2) is 86.5 Å². The van der Waals surface area contributed by atoms with Crippen LogP contribution in [-0.2, 0) is 6.54 Å². The van der Waals surface area contributed by atoms with Crippen molar-refractivity contribution < 1.29 is 18.7 Å². The number of allylic oxidation sites excluding steroid dienone is 1. The van der Waals surface area contributed by atoms with Gasteiger partial charge in [-0.25, -0.2) is 8.78 Å². The molecule has 6 rings (SSSR count). The Kier molecular flexibility index (Phi) is 8.05. The number of Topliss-reactive ketones (excluding diaryl/α,β-unsaturated/α-hetero) is 1. The fraction of sp³-hybridized carbons (Fsp3) is 0.484. The molecule has 0 amide bonds. The van der Waals surface area contributed by atoms with Crippen LogP contribution in [0.5, 0.6) is 0 Å². The van der Waals surface area contributed by atoms with Crippen LogP contribution < -0.4 is 0 Å². The number of halogens is 2. The molecule has 0 bridgehead atoms. The third-order valence-corrected chi connectivity index (χ3v) is 8.40. The summed E-state index contributed by atoms with van der Waals surface area (Å²) in [6.07, 6.45) is 11.9. The predicted octanol–water partition coefficient (Wildman–Crippen LogP) is 5.00. The molecule has 3 aliphatic heterocycles. The molecule has 41 heavy (non-hydrogen) atoms. The number of aromatic nitrogens is 3. The van der Waals surface area contributed by atoms with Crippen molar-refractivity contribution in [1.82, 2.24) is 25.0 Å². The third kappa shape index (κ3) is 6.60. The monoisotopic (exact) mass is 562 g/mol. The lowest BCUT2D eigenvalue weighted by atomic mass is 9.99. The number of nitrogens with one attached hydrogen (secondary N) is 1. The number of rotatable bonds is 9. The summed E-state index contributed by atoms with van der Waals surface area (Å²) in [4.78, 5) is 26.3. The Hall–Kier alpha value is -3.34. The van der Waals surface area contributed by atoms with Crippen molar-refractivity contribution in [2.75, 3.05) is 26.2 Å². The number of likely N-dealkylation sites (tertiary alicyclic amines) is 2. The van der Waals surface area contributed by atoms with Crippen LogP contribution in [0.15, 0.2) is 53.3 Å². The number of aliphatic hydroxyl groups is 1. The second-order valence-corrected chi connectivity index (χ2v) is 11.5. The fourth-order valence-electron chi connectivity index (χ4n) is 6.06. The second-order valence-electron chi connectivity index (χ2n) is 11.5. The first kappa shape index (κ1) is 27.8. The molecule has 0 spiro atoms. The van der Waals surface area contributed by atoms with Crippen LogP contribution in [0.1, 0.15) is 61.0 Å². The van der Waals surface area contributed by atoms with Gasteiger partial charge in [0.25, 0.3) is 5.92 Å². The number of aromatic amines is 1. The van der Waals surface area contributed by atoms with E-state index < -0.39 is 5.92 Å². The Morgan fingerprint density at radius 1 is 1.12 bits per heavy atom. The number of fused-ring (bicyclic) bond motifs is 1. The summed E-state index contributed by atoms with van der Waals surface area (Å²) in [6.45, 7) is 2.33. The maximum absolute atomic E-state index is 13.6. The van der Waals surface area contributed by atoms with Crippen molar-refractivity contribution in [2.24, 2.45) is 4.99 Å². The zero-order chi connectivity index (χ0) is 28.4. The highest BCUT2D eigenvalue weighted by molar-refractivity contribution is 6.06.